The van der Waals surface area contributed by atoms with E-state index in [1.165, 1.54) is 0 Å². The Labute approximate surface area is 91.3 Å². The van der Waals surface area contributed by atoms with Gasteiger partial charge in [-0.2, -0.15) is 0 Å². The first kappa shape index (κ1) is 12.7. The van der Waals surface area contributed by atoms with Crippen LogP contribution in [0.2, 0.25) is 0 Å². The van der Waals surface area contributed by atoms with Crippen molar-refractivity contribution in [3.63, 3.8) is 0 Å². The van der Waals surface area contributed by atoms with Crippen molar-refractivity contribution in [1.29, 1.82) is 0 Å². The van der Waals surface area contributed by atoms with Crippen LogP contribution in [-0.2, 0) is 12.8 Å². The van der Waals surface area contributed by atoms with Gasteiger partial charge in [0.2, 0.25) is 0 Å². The summed E-state index contributed by atoms with van der Waals surface area (Å²) in [6, 6.07) is 0. The first-order valence-corrected chi connectivity index (χ1v) is 6.85. The Hall–Kier alpha value is 0.730. The van der Waals surface area contributed by atoms with Gasteiger partial charge in [0, 0.05) is 0 Å². The molecule has 7 nitrogen and oxygen atoms in total. The molecular formula is C3H10I2N4O3-2. The summed E-state index contributed by atoms with van der Waals surface area (Å²) >= 11 is -1.68. The quantitative estimate of drug-likeness (QED) is 0.128. The van der Waals surface area contributed by atoms with Crippen LogP contribution in [-0.4, -0.2) is 14.9 Å². The third-order valence-electron chi connectivity index (χ3n) is 0.772. The SMILES string of the molecule is C=NOC(CON)([I-]N)[I-]ON. The summed E-state index contributed by atoms with van der Waals surface area (Å²) in [7, 11) is 0. The fourth-order valence-electron chi connectivity index (χ4n) is 0.389. The van der Waals surface area contributed by atoms with Crippen LogP contribution >= 0.6 is 0 Å². The fraction of sp³-hybridized carbons (Fsp3) is 0.667. The molecule has 0 fully saturated rings. The Kier molecular flexibility index (Phi) is 7.60. The Morgan fingerprint density at radius 1 is 1.50 bits per heavy atom. The van der Waals surface area contributed by atoms with E-state index in [0.717, 1.165) is 0 Å². The monoisotopic (exact) mass is 404 g/mol. The zero-order valence-corrected chi connectivity index (χ0v) is 10.4. The molecule has 0 rings (SSSR count). The van der Waals surface area contributed by atoms with E-state index in [1.807, 2.05) is 0 Å². The van der Waals surface area contributed by atoms with E-state index < -0.39 is 44.7 Å². The summed E-state index contributed by atoms with van der Waals surface area (Å²) in [6.07, 6.45) is 0. The maximum absolute atomic E-state index is 5.52. The first-order valence-electron chi connectivity index (χ1n) is 2.57. The van der Waals surface area contributed by atoms with Gasteiger partial charge < -0.3 is 0 Å². The summed E-state index contributed by atoms with van der Waals surface area (Å²) < 4.78 is 9.30. The number of hydrogen-bond acceptors (Lipinski definition) is 7. The molecule has 0 saturated heterocycles. The molecule has 0 radical (unpaired) electrons. The zero-order valence-electron chi connectivity index (χ0n) is 6.07. The molecule has 0 amide bonds. The van der Waals surface area contributed by atoms with Crippen LogP contribution in [0.25, 0.3) is 0 Å². The van der Waals surface area contributed by atoms with Gasteiger partial charge in [-0.1, -0.05) is 0 Å². The van der Waals surface area contributed by atoms with E-state index in [9.17, 15) is 0 Å². The van der Waals surface area contributed by atoms with Crippen molar-refractivity contribution >= 4 is 6.72 Å². The second-order valence-electron chi connectivity index (χ2n) is 1.44. The van der Waals surface area contributed by atoms with Gasteiger partial charge in [-0.15, -0.1) is 0 Å². The van der Waals surface area contributed by atoms with Gasteiger partial charge in [0.1, 0.15) is 0 Å². The molecular weight excluding hydrogens is 394 g/mol. The molecule has 0 aromatic carbocycles. The van der Waals surface area contributed by atoms with Gasteiger partial charge in [-0.25, -0.2) is 0 Å². The van der Waals surface area contributed by atoms with E-state index in [-0.39, 0.29) is 6.61 Å². The molecule has 9 heteroatoms. The Bertz CT molecular complexity index is 131. The second-order valence-corrected chi connectivity index (χ2v) is 8.57. The topological polar surface area (TPSA) is 118 Å². The number of oxime groups is 1. The molecule has 1 unspecified atom stereocenters. The number of alkyl halides is 2. The van der Waals surface area contributed by atoms with Crippen molar-refractivity contribution in [1.82, 2.24) is 0 Å². The predicted octanol–water partition coefficient (Wildman–Crippen LogP) is -7.98. The molecule has 0 aliphatic rings. The minimum atomic E-state index is -0.897. The van der Waals surface area contributed by atoms with E-state index in [0.29, 0.717) is 0 Å². The first-order chi connectivity index (χ1) is 5.74. The van der Waals surface area contributed by atoms with E-state index in [2.05, 4.69) is 19.9 Å². The molecule has 0 aromatic rings. The molecule has 0 aromatic heterocycles. The standard InChI is InChI=1S/C3H10I2N4O3/c1-9-11-3(4-6,2-10-7)5-12-8/h1-2,6-8H2/q-2. The molecule has 0 aliphatic heterocycles. The van der Waals surface area contributed by atoms with Crippen LogP contribution < -0.4 is 58.8 Å². The zero-order chi connectivity index (χ0) is 9.45. The Morgan fingerprint density at radius 3 is 2.50 bits per heavy atom. The summed E-state index contributed by atoms with van der Waals surface area (Å²) in [5.74, 6) is 9.82. The average Bonchev–Trinajstić information content (AvgIpc) is 2.06. The van der Waals surface area contributed by atoms with Gasteiger partial charge in [0.25, 0.3) is 0 Å². The van der Waals surface area contributed by atoms with Crippen LogP contribution in [0.5, 0.6) is 0 Å². The number of halogens is 2. The fourth-order valence-corrected chi connectivity index (χ4v) is 3.29. The molecule has 1 atom stereocenters. The van der Waals surface area contributed by atoms with Crippen molar-refractivity contribution in [3.8, 4) is 0 Å². The van der Waals surface area contributed by atoms with Gasteiger partial charge in [0.05, 0.1) is 0 Å². The average molecular weight is 404 g/mol. The number of rotatable bonds is 7. The van der Waals surface area contributed by atoms with Crippen molar-refractivity contribution in [2.75, 3.05) is 6.61 Å². The Balaban J connectivity index is 4.15. The minimum absolute atomic E-state index is 0.125. The van der Waals surface area contributed by atoms with Crippen LogP contribution in [0.3, 0.4) is 0 Å². The van der Waals surface area contributed by atoms with Crippen LogP contribution in [0.4, 0.5) is 0 Å². The summed E-state index contributed by atoms with van der Waals surface area (Å²) in [5, 5.41) is 3.27. The van der Waals surface area contributed by atoms with Gasteiger partial charge in [-0.05, 0) is 0 Å². The third kappa shape index (κ3) is 4.11. The van der Waals surface area contributed by atoms with Crippen molar-refractivity contribution < 1.29 is 55.9 Å². The van der Waals surface area contributed by atoms with Crippen molar-refractivity contribution in [3.05, 3.63) is 0 Å². The van der Waals surface area contributed by atoms with E-state index in [1.54, 1.807) is 0 Å². The molecule has 0 heterocycles. The molecule has 0 bridgehead atoms. The predicted molar refractivity (Wildman–Crippen MR) is 33.0 cm³/mol. The van der Waals surface area contributed by atoms with Crippen LogP contribution in [0.1, 0.15) is 0 Å². The number of hydrogen-bond donors (Lipinski definition) is 3. The molecule has 12 heavy (non-hydrogen) atoms. The van der Waals surface area contributed by atoms with Crippen LogP contribution in [0.15, 0.2) is 5.16 Å². The maximum atomic E-state index is 5.52. The van der Waals surface area contributed by atoms with E-state index >= 15 is 0 Å². The van der Waals surface area contributed by atoms with Gasteiger partial charge in [-0.3, -0.25) is 0 Å². The second kappa shape index (κ2) is 7.16. The molecule has 0 aliphatic carbocycles. The van der Waals surface area contributed by atoms with E-state index in [4.69, 9.17) is 20.6 Å². The third-order valence-corrected chi connectivity index (χ3v) is 6.33. The Morgan fingerprint density at radius 2 is 2.17 bits per heavy atom. The van der Waals surface area contributed by atoms with Crippen LogP contribution in [0, 0.1) is 0 Å². The van der Waals surface area contributed by atoms with Gasteiger partial charge >= 0.3 is 91.8 Å². The normalized spacial score (nSPS) is 15.9. The summed E-state index contributed by atoms with van der Waals surface area (Å²) in [5.41, 5.74) is 0. The number of nitrogens with two attached hydrogens (primary N) is 3. The van der Waals surface area contributed by atoms with Crippen molar-refractivity contribution in [2.24, 2.45) is 20.9 Å². The van der Waals surface area contributed by atoms with Gasteiger partial charge in [0.15, 0.2) is 0 Å². The summed E-state index contributed by atoms with van der Waals surface area (Å²) in [6.45, 7) is 3.30. The molecule has 0 spiro atoms. The molecule has 6 N–H and O–H groups in total. The summed E-state index contributed by atoms with van der Waals surface area (Å²) in [4.78, 5) is 9.37. The number of nitrogens with zero attached hydrogens (tertiary/aromatic N) is 1. The van der Waals surface area contributed by atoms with Crippen molar-refractivity contribution in [2.45, 2.75) is 1.61 Å². The molecule has 0 saturated carbocycles. The molecule has 76 valence electrons.